The van der Waals surface area contributed by atoms with Crippen molar-refractivity contribution < 1.29 is 14.7 Å². The molecule has 1 amide bonds. The van der Waals surface area contributed by atoms with Gasteiger partial charge >= 0.3 is 5.97 Å². The first kappa shape index (κ1) is 15.6. The maximum atomic E-state index is 11.5. The number of rotatable bonds is 5. The Morgan fingerprint density at radius 3 is 2.52 bits per heavy atom. The molecule has 114 valence electrons. The second-order valence-corrected chi connectivity index (χ2v) is 6.03. The van der Waals surface area contributed by atoms with Crippen molar-refractivity contribution in [3.05, 3.63) is 28.8 Å². The van der Waals surface area contributed by atoms with E-state index >= 15 is 0 Å². The lowest BCUT2D eigenvalue weighted by Crippen LogP contribution is -2.42. The molecule has 6 heteroatoms. The lowest BCUT2D eigenvalue weighted by molar-refractivity contribution is -0.138. The van der Waals surface area contributed by atoms with E-state index in [9.17, 15) is 14.7 Å². The Bertz CT molecular complexity index is 554. The summed E-state index contributed by atoms with van der Waals surface area (Å²) in [5, 5.41) is 12.9. The molecule has 1 fully saturated rings. The van der Waals surface area contributed by atoms with Crippen LogP contribution in [0.1, 0.15) is 48.9 Å². The van der Waals surface area contributed by atoms with Crippen molar-refractivity contribution in [3.8, 4) is 0 Å². The first-order chi connectivity index (χ1) is 9.92. The van der Waals surface area contributed by atoms with Gasteiger partial charge in [0.15, 0.2) is 0 Å². The van der Waals surface area contributed by atoms with Crippen LogP contribution in [-0.2, 0) is 4.79 Å². The highest BCUT2D eigenvalue weighted by molar-refractivity contribution is 6.31. The third kappa shape index (κ3) is 3.88. The van der Waals surface area contributed by atoms with Gasteiger partial charge in [-0.2, -0.15) is 0 Å². The molecule has 0 unspecified atom stereocenters. The highest BCUT2D eigenvalue weighted by Gasteiger charge is 2.35. The van der Waals surface area contributed by atoms with E-state index in [4.69, 9.17) is 17.3 Å². The number of benzene rings is 1. The number of hydrogen-bond donors (Lipinski definition) is 3. The third-order valence-corrected chi connectivity index (χ3v) is 4.18. The van der Waals surface area contributed by atoms with Crippen molar-refractivity contribution in [3.63, 3.8) is 0 Å². The monoisotopic (exact) mass is 310 g/mol. The molecule has 21 heavy (non-hydrogen) atoms. The minimum Gasteiger partial charge on any atom is -0.481 e. The Hall–Kier alpha value is -1.75. The average molecular weight is 311 g/mol. The van der Waals surface area contributed by atoms with Gasteiger partial charge in [0.05, 0.1) is 12.0 Å². The van der Waals surface area contributed by atoms with E-state index in [0.717, 1.165) is 32.1 Å². The Labute approximate surface area is 128 Å². The lowest BCUT2D eigenvalue weighted by Gasteiger charge is -2.38. The Kier molecular flexibility index (Phi) is 4.73. The molecule has 0 aromatic heterocycles. The van der Waals surface area contributed by atoms with E-state index in [-0.39, 0.29) is 12.0 Å². The Morgan fingerprint density at radius 2 is 1.95 bits per heavy atom. The van der Waals surface area contributed by atoms with E-state index < -0.39 is 17.4 Å². The molecule has 1 aromatic carbocycles. The summed E-state index contributed by atoms with van der Waals surface area (Å²) in [7, 11) is 0. The maximum absolute atomic E-state index is 11.5. The minimum absolute atomic E-state index is 0.0217. The van der Waals surface area contributed by atoms with Crippen molar-refractivity contribution in [2.75, 3.05) is 5.32 Å². The van der Waals surface area contributed by atoms with E-state index in [1.165, 1.54) is 6.07 Å². The van der Waals surface area contributed by atoms with Crippen LogP contribution in [0.25, 0.3) is 0 Å². The number of aliphatic carboxylic acids is 1. The molecule has 2 rings (SSSR count). The van der Waals surface area contributed by atoms with Crippen LogP contribution in [0.5, 0.6) is 0 Å². The van der Waals surface area contributed by atoms with Gasteiger partial charge in [-0.1, -0.05) is 30.9 Å². The number of carbonyl (C=O) groups excluding carboxylic acids is 1. The van der Waals surface area contributed by atoms with Gasteiger partial charge < -0.3 is 16.2 Å². The van der Waals surface area contributed by atoms with E-state index in [2.05, 4.69) is 5.32 Å². The first-order valence-electron chi connectivity index (χ1n) is 7.01. The largest absolute Gasteiger partial charge is 0.481 e. The first-order valence-corrected chi connectivity index (χ1v) is 7.39. The van der Waals surface area contributed by atoms with Gasteiger partial charge in [-0.05, 0) is 31.0 Å². The molecule has 0 spiro atoms. The van der Waals surface area contributed by atoms with Gasteiger partial charge in [0, 0.05) is 16.2 Å². The lowest BCUT2D eigenvalue weighted by atomic mass is 9.79. The number of amides is 1. The number of carboxylic acids is 1. The molecule has 0 heterocycles. The molecule has 5 nitrogen and oxygen atoms in total. The van der Waals surface area contributed by atoms with Gasteiger partial charge in [0.1, 0.15) is 0 Å². The summed E-state index contributed by atoms with van der Waals surface area (Å²) in [5.74, 6) is -1.43. The topological polar surface area (TPSA) is 92.4 Å². The number of anilines is 1. The number of nitrogens with one attached hydrogen (secondary N) is 1. The molecule has 0 bridgehead atoms. The Morgan fingerprint density at radius 1 is 1.29 bits per heavy atom. The zero-order valence-corrected chi connectivity index (χ0v) is 12.4. The number of hydrogen-bond acceptors (Lipinski definition) is 3. The van der Waals surface area contributed by atoms with Crippen LogP contribution >= 0.6 is 11.6 Å². The number of carboxylic acid groups (broad SMARTS) is 1. The van der Waals surface area contributed by atoms with E-state index in [0.29, 0.717) is 10.7 Å². The fourth-order valence-electron chi connectivity index (χ4n) is 2.98. The van der Waals surface area contributed by atoms with Gasteiger partial charge in [-0.25, -0.2) is 0 Å². The standard InChI is InChI=1S/C15H19ClN2O3/c16-10-4-5-12(11(8-10)14(17)21)18-15(9-13(19)20)6-2-1-3-7-15/h4-5,8,18H,1-3,6-7,9H2,(H2,17,21)(H,19,20). The fraction of sp³-hybridized carbons (Fsp3) is 0.467. The van der Waals surface area contributed by atoms with Crippen molar-refractivity contribution >= 4 is 29.2 Å². The average Bonchev–Trinajstić information content (AvgIpc) is 2.40. The fourth-order valence-corrected chi connectivity index (χ4v) is 3.15. The summed E-state index contributed by atoms with van der Waals surface area (Å²) in [6, 6.07) is 4.85. The number of primary amides is 1. The molecule has 0 radical (unpaired) electrons. The van der Waals surface area contributed by atoms with E-state index in [1.807, 2.05) is 0 Å². The summed E-state index contributed by atoms with van der Waals surface area (Å²) in [6.45, 7) is 0. The predicted octanol–water partition coefficient (Wildman–Crippen LogP) is 3.03. The number of carbonyl (C=O) groups is 2. The normalized spacial score (nSPS) is 17.2. The van der Waals surface area contributed by atoms with Gasteiger partial charge in [0.2, 0.25) is 0 Å². The summed E-state index contributed by atoms with van der Waals surface area (Å²) in [5.41, 5.74) is 5.69. The van der Waals surface area contributed by atoms with Crippen molar-refractivity contribution in [2.45, 2.75) is 44.1 Å². The highest BCUT2D eigenvalue weighted by atomic mass is 35.5. The molecule has 0 atom stereocenters. The molecule has 1 saturated carbocycles. The van der Waals surface area contributed by atoms with Crippen LogP contribution in [0.4, 0.5) is 5.69 Å². The van der Waals surface area contributed by atoms with Gasteiger partial charge in [0.25, 0.3) is 5.91 Å². The number of halogens is 1. The van der Waals surface area contributed by atoms with Crippen molar-refractivity contribution in [1.29, 1.82) is 0 Å². The maximum Gasteiger partial charge on any atom is 0.305 e. The van der Waals surface area contributed by atoms with Crippen LogP contribution in [-0.4, -0.2) is 22.5 Å². The molecular weight excluding hydrogens is 292 g/mol. The zero-order chi connectivity index (χ0) is 15.5. The smallest absolute Gasteiger partial charge is 0.305 e. The van der Waals surface area contributed by atoms with Crippen LogP contribution in [0.15, 0.2) is 18.2 Å². The Balaban J connectivity index is 2.32. The molecule has 1 aliphatic carbocycles. The second kappa shape index (κ2) is 6.35. The molecule has 4 N–H and O–H groups in total. The molecule has 0 aliphatic heterocycles. The van der Waals surface area contributed by atoms with Crippen LogP contribution < -0.4 is 11.1 Å². The quantitative estimate of drug-likeness (QED) is 0.779. The molecule has 1 aliphatic rings. The van der Waals surface area contributed by atoms with Crippen molar-refractivity contribution in [1.82, 2.24) is 0 Å². The molecule has 1 aromatic rings. The van der Waals surface area contributed by atoms with Crippen molar-refractivity contribution in [2.24, 2.45) is 5.73 Å². The van der Waals surface area contributed by atoms with Gasteiger partial charge in [-0.15, -0.1) is 0 Å². The van der Waals surface area contributed by atoms with E-state index in [1.54, 1.807) is 12.1 Å². The summed E-state index contributed by atoms with van der Waals surface area (Å²) in [4.78, 5) is 22.7. The highest BCUT2D eigenvalue weighted by Crippen LogP contribution is 2.35. The third-order valence-electron chi connectivity index (χ3n) is 3.95. The summed E-state index contributed by atoms with van der Waals surface area (Å²) >= 11 is 5.89. The molecular formula is C15H19ClN2O3. The van der Waals surface area contributed by atoms with Crippen LogP contribution in [0.3, 0.4) is 0 Å². The summed E-state index contributed by atoms with van der Waals surface area (Å²) < 4.78 is 0. The molecule has 0 saturated heterocycles. The second-order valence-electron chi connectivity index (χ2n) is 5.59. The predicted molar refractivity (Wildman–Crippen MR) is 81.7 cm³/mol. The minimum atomic E-state index is -0.848. The number of nitrogens with two attached hydrogens (primary N) is 1. The van der Waals surface area contributed by atoms with Crippen LogP contribution in [0.2, 0.25) is 5.02 Å². The van der Waals surface area contributed by atoms with Crippen LogP contribution in [0, 0.1) is 0 Å². The summed E-state index contributed by atoms with van der Waals surface area (Å²) in [6.07, 6.45) is 4.60. The zero-order valence-electron chi connectivity index (χ0n) is 11.7. The van der Waals surface area contributed by atoms with Gasteiger partial charge in [-0.3, -0.25) is 9.59 Å². The SMILES string of the molecule is NC(=O)c1cc(Cl)ccc1NC1(CC(=O)O)CCCCC1.